The van der Waals surface area contributed by atoms with Crippen molar-refractivity contribution in [3.05, 3.63) is 29.9 Å². The first-order valence-electron chi connectivity index (χ1n) is 6.93. The summed E-state index contributed by atoms with van der Waals surface area (Å²) in [5.41, 5.74) is 0.299. The summed E-state index contributed by atoms with van der Waals surface area (Å²) >= 11 is 0. The summed E-state index contributed by atoms with van der Waals surface area (Å²) < 4.78 is 24.3. The molecule has 0 aliphatic rings. The van der Waals surface area contributed by atoms with Gasteiger partial charge in [0.1, 0.15) is 11.6 Å². The van der Waals surface area contributed by atoms with Crippen molar-refractivity contribution in [3.8, 4) is 17.1 Å². The van der Waals surface area contributed by atoms with Crippen LogP contribution in [0.15, 0.2) is 22.7 Å². The van der Waals surface area contributed by atoms with Crippen LogP contribution in [-0.2, 0) is 0 Å². The molecule has 0 unspecified atom stereocenters. The largest absolute Gasteiger partial charge is 0.494 e. The summed E-state index contributed by atoms with van der Waals surface area (Å²) in [6.45, 7) is 4.47. The first kappa shape index (κ1) is 14.5. The van der Waals surface area contributed by atoms with Gasteiger partial charge in [-0.05, 0) is 24.6 Å². The van der Waals surface area contributed by atoms with E-state index in [0.29, 0.717) is 23.8 Å². The molecule has 0 atom stereocenters. The molecule has 2 aromatic rings. The molecule has 0 N–H and O–H groups in total. The van der Waals surface area contributed by atoms with Crippen molar-refractivity contribution in [2.24, 2.45) is 0 Å². The highest BCUT2D eigenvalue weighted by molar-refractivity contribution is 5.57. The van der Waals surface area contributed by atoms with Crippen molar-refractivity contribution >= 4 is 0 Å². The summed E-state index contributed by atoms with van der Waals surface area (Å²) in [5.74, 6) is 0.895. The second-order valence-electron chi connectivity index (χ2n) is 4.69. The zero-order valence-corrected chi connectivity index (χ0v) is 11.9. The summed E-state index contributed by atoms with van der Waals surface area (Å²) in [4.78, 5) is 4.03. The number of unbranched alkanes of at least 4 members (excludes halogenated alkanes) is 3. The van der Waals surface area contributed by atoms with Gasteiger partial charge in [-0.1, -0.05) is 31.3 Å². The lowest BCUT2D eigenvalue weighted by Crippen LogP contribution is -1.98. The van der Waals surface area contributed by atoms with E-state index >= 15 is 0 Å². The Morgan fingerprint density at radius 2 is 2.10 bits per heavy atom. The summed E-state index contributed by atoms with van der Waals surface area (Å²) in [6, 6.07) is 4.59. The van der Waals surface area contributed by atoms with Gasteiger partial charge in [-0.3, -0.25) is 0 Å². The van der Waals surface area contributed by atoms with Gasteiger partial charge in [0.05, 0.1) is 12.2 Å². The lowest BCUT2D eigenvalue weighted by atomic mass is 10.2. The lowest BCUT2D eigenvalue weighted by Gasteiger charge is -2.07. The fraction of sp³-hybridized carbons (Fsp3) is 0.467. The number of nitrogens with zero attached hydrogens (tertiary/aromatic N) is 2. The maximum atomic E-state index is 13.8. The van der Waals surface area contributed by atoms with Crippen LogP contribution < -0.4 is 4.74 Å². The molecule has 108 valence electrons. The second-order valence-corrected chi connectivity index (χ2v) is 4.69. The van der Waals surface area contributed by atoms with Gasteiger partial charge < -0.3 is 9.26 Å². The fourth-order valence-electron chi connectivity index (χ4n) is 1.89. The molecule has 0 saturated carbocycles. The molecule has 4 nitrogen and oxygen atoms in total. The Hall–Kier alpha value is -1.91. The van der Waals surface area contributed by atoms with Crippen LogP contribution in [0.25, 0.3) is 11.4 Å². The predicted molar refractivity (Wildman–Crippen MR) is 74.1 cm³/mol. The molecule has 0 aliphatic carbocycles. The second kappa shape index (κ2) is 7.03. The molecular formula is C15H19FN2O2. The number of benzene rings is 1. The minimum atomic E-state index is -0.385. The van der Waals surface area contributed by atoms with Crippen LogP contribution in [0.4, 0.5) is 4.39 Å². The molecule has 0 aliphatic heterocycles. The molecule has 20 heavy (non-hydrogen) atoms. The van der Waals surface area contributed by atoms with E-state index in [-0.39, 0.29) is 11.6 Å². The quantitative estimate of drug-likeness (QED) is 0.714. The van der Waals surface area contributed by atoms with Gasteiger partial charge in [0.15, 0.2) is 0 Å². The van der Waals surface area contributed by atoms with Crippen LogP contribution in [0.5, 0.6) is 5.75 Å². The molecule has 5 heteroatoms. The van der Waals surface area contributed by atoms with Gasteiger partial charge >= 0.3 is 0 Å². The number of ether oxygens (including phenoxy) is 1. The third-order valence-electron chi connectivity index (χ3n) is 2.97. The van der Waals surface area contributed by atoms with E-state index in [1.165, 1.54) is 18.9 Å². The Morgan fingerprint density at radius 1 is 1.25 bits per heavy atom. The molecule has 1 aromatic heterocycles. The molecular weight excluding hydrogens is 259 g/mol. The lowest BCUT2D eigenvalue weighted by molar-refractivity contribution is 0.305. The van der Waals surface area contributed by atoms with Crippen molar-refractivity contribution in [2.75, 3.05) is 6.61 Å². The molecule has 0 amide bonds. The normalized spacial score (nSPS) is 10.8. The number of halogens is 1. The first-order chi connectivity index (χ1) is 9.70. The van der Waals surface area contributed by atoms with E-state index in [2.05, 4.69) is 17.1 Å². The molecule has 0 spiro atoms. The van der Waals surface area contributed by atoms with Crippen LogP contribution in [0.2, 0.25) is 0 Å². The van der Waals surface area contributed by atoms with Gasteiger partial charge in [0.2, 0.25) is 11.7 Å². The molecule has 1 heterocycles. The number of aromatic nitrogens is 2. The van der Waals surface area contributed by atoms with Crippen molar-refractivity contribution in [1.82, 2.24) is 10.1 Å². The molecule has 0 saturated heterocycles. The molecule has 0 fully saturated rings. The highest BCUT2D eigenvalue weighted by atomic mass is 19.1. The zero-order valence-electron chi connectivity index (χ0n) is 11.9. The van der Waals surface area contributed by atoms with Crippen molar-refractivity contribution in [2.45, 2.75) is 39.5 Å². The van der Waals surface area contributed by atoms with Crippen molar-refractivity contribution in [3.63, 3.8) is 0 Å². The van der Waals surface area contributed by atoms with Crippen molar-refractivity contribution in [1.29, 1.82) is 0 Å². The van der Waals surface area contributed by atoms with E-state index in [9.17, 15) is 4.39 Å². The van der Waals surface area contributed by atoms with Crippen LogP contribution >= 0.6 is 0 Å². The number of hydrogen-bond acceptors (Lipinski definition) is 4. The van der Waals surface area contributed by atoms with Gasteiger partial charge in [0, 0.05) is 6.92 Å². The maximum Gasteiger partial charge on any atom is 0.223 e. The highest BCUT2D eigenvalue weighted by Gasteiger charge is 2.12. The van der Waals surface area contributed by atoms with Crippen LogP contribution in [-0.4, -0.2) is 16.7 Å². The molecule has 0 bridgehead atoms. The van der Waals surface area contributed by atoms with Crippen LogP contribution in [0.1, 0.15) is 38.5 Å². The van der Waals surface area contributed by atoms with Crippen LogP contribution in [0, 0.1) is 12.7 Å². The summed E-state index contributed by atoms with van der Waals surface area (Å²) in [5, 5.41) is 3.73. The average Bonchev–Trinajstić information content (AvgIpc) is 2.87. The summed E-state index contributed by atoms with van der Waals surface area (Å²) in [7, 11) is 0. The van der Waals surface area contributed by atoms with E-state index in [4.69, 9.17) is 9.26 Å². The molecule has 0 radical (unpaired) electrons. The Labute approximate surface area is 118 Å². The Morgan fingerprint density at radius 3 is 2.80 bits per heavy atom. The van der Waals surface area contributed by atoms with E-state index < -0.39 is 0 Å². The Balaban J connectivity index is 2.01. The smallest absolute Gasteiger partial charge is 0.223 e. The van der Waals surface area contributed by atoms with Gasteiger partial charge in [-0.2, -0.15) is 4.98 Å². The standard InChI is InChI=1S/C15H19FN2O2/c1-3-4-5-6-9-19-12-7-8-14(16)13(10-12)15-17-11(2)20-18-15/h7-8,10H,3-6,9H2,1-2H3. The van der Waals surface area contributed by atoms with Crippen molar-refractivity contribution < 1.29 is 13.7 Å². The Bertz CT molecular complexity index is 555. The average molecular weight is 278 g/mol. The van der Waals surface area contributed by atoms with E-state index in [1.54, 1.807) is 19.1 Å². The van der Waals surface area contributed by atoms with Gasteiger partial charge in [0.25, 0.3) is 0 Å². The summed E-state index contributed by atoms with van der Waals surface area (Å²) in [6.07, 6.45) is 4.55. The minimum absolute atomic E-state index is 0.247. The van der Waals surface area contributed by atoms with Gasteiger partial charge in [-0.15, -0.1) is 0 Å². The predicted octanol–water partition coefficient (Wildman–Crippen LogP) is 4.14. The van der Waals surface area contributed by atoms with E-state index in [1.807, 2.05) is 0 Å². The third kappa shape index (κ3) is 3.79. The highest BCUT2D eigenvalue weighted by Crippen LogP contribution is 2.25. The van der Waals surface area contributed by atoms with Gasteiger partial charge in [-0.25, -0.2) is 4.39 Å². The van der Waals surface area contributed by atoms with Crippen LogP contribution in [0.3, 0.4) is 0 Å². The molecule has 1 aromatic carbocycles. The number of aryl methyl sites for hydroxylation is 1. The zero-order chi connectivity index (χ0) is 14.4. The Kier molecular flexibility index (Phi) is 5.09. The third-order valence-corrected chi connectivity index (χ3v) is 2.97. The SMILES string of the molecule is CCCCCCOc1ccc(F)c(-c2noc(C)n2)c1. The number of hydrogen-bond donors (Lipinski definition) is 0. The minimum Gasteiger partial charge on any atom is -0.494 e. The van der Waals surface area contributed by atoms with E-state index in [0.717, 1.165) is 12.8 Å². The fourth-order valence-corrected chi connectivity index (χ4v) is 1.89. The first-order valence-corrected chi connectivity index (χ1v) is 6.93. The topological polar surface area (TPSA) is 48.2 Å². The monoisotopic (exact) mass is 278 g/mol. The maximum absolute atomic E-state index is 13.8. The molecule has 2 rings (SSSR count). The number of rotatable bonds is 7.